The van der Waals surface area contributed by atoms with E-state index >= 15 is 0 Å². The minimum Gasteiger partial charge on any atom is -0.372 e. The molecule has 0 bridgehead atoms. The van der Waals surface area contributed by atoms with E-state index in [4.69, 9.17) is 4.74 Å². The molecule has 2 aliphatic rings. The second kappa shape index (κ2) is 6.98. The Morgan fingerprint density at radius 2 is 1.90 bits per heavy atom. The van der Waals surface area contributed by atoms with Gasteiger partial charge in [0.25, 0.3) is 5.56 Å². The van der Waals surface area contributed by atoms with Crippen molar-refractivity contribution in [1.82, 2.24) is 9.55 Å². The van der Waals surface area contributed by atoms with Crippen molar-refractivity contribution in [2.75, 3.05) is 0 Å². The highest BCUT2D eigenvalue weighted by Crippen LogP contribution is 2.33. The van der Waals surface area contributed by atoms with Gasteiger partial charge in [-0.15, -0.1) is 0 Å². The van der Waals surface area contributed by atoms with Gasteiger partial charge in [0, 0.05) is 11.6 Å². The Bertz CT molecular complexity index is 1310. The number of hydrogen-bond donors (Lipinski definition) is 1. The van der Waals surface area contributed by atoms with Crippen molar-refractivity contribution in [2.24, 2.45) is 4.99 Å². The number of ether oxygens (including phenoxy) is 1. The van der Waals surface area contributed by atoms with Gasteiger partial charge >= 0.3 is 0 Å². The van der Waals surface area contributed by atoms with Crippen molar-refractivity contribution in [3.8, 4) is 0 Å². The third-order valence-electron chi connectivity index (χ3n) is 5.74. The lowest BCUT2D eigenvalue weighted by molar-refractivity contribution is 0.134. The molecule has 0 fully saturated rings. The number of nitrogens with one attached hydrogen (secondary N) is 1. The number of nitrogens with zero attached hydrogens (tertiary/aromatic N) is 2. The Balaban J connectivity index is 1.73. The van der Waals surface area contributed by atoms with Crippen LogP contribution in [0, 0.1) is 24.4 Å². The van der Waals surface area contributed by atoms with Crippen LogP contribution in [0.15, 0.2) is 40.1 Å². The minimum absolute atomic E-state index is 0.129. The predicted octanol–water partition coefficient (Wildman–Crippen LogP) is 3.70. The largest absolute Gasteiger partial charge is 0.372 e. The number of halogens is 3. The van der Waals surface area contributed by atoms with E-state index in [2.05, 4.69) is 9.98 Å². The smallest absolute Gasteiger partial charge is 0.288 e. The van der Waals surface area contributed by atoms with Crippen molar-refractivity contribution >= 4 is 5.69 Å². The van der Waals surface area contributed by atoms with Crippen LogP contribution in [0.25, 0.3) is 0 Å². The van der Waals surface area contributed by atoms with E-state index in [9.17, 15) is 18.0 Å². The Morgan fingerprint density at radius 3 is 2.67 bits per heavy atom. The van der Waals surface area contributed by atoms with Crippen molar-refractivity contribution < 1.29 is 17.9 Å². The van der Waals surface area contributed by atoms with Gasteiger partial charge in [0.05, 0.1) is 30.6 Å². The average Bonchev–Trinajstić information content (AvgIpc) is 3.33. The molecule has 2 aromatic carbocycles. The van der Waals surface area contributed by atoms with E-state index in [1.54, 1.807) is 0 Å². The van der Waals surface area contributed by atoms with Crippen molar-refractivity contribution in [3.63, 3.8) is 0 Å². The van der Waals surface area contributed by atoms with Gasteiger partial charge < -0.3 is 9.30 Å². The first kappa shape index (κ1) is 18.9. The Labute approximate surface area is 169 Å². The first-order chi connectivity index (χ1) is 14.4. The fourth-order valence-electron chi connectivity index (χ4n) is 4.27. The molecule has 5 rings (SSSR count). The highest BCUT2D eigenvalue weighted by atomic mass is 19.1. The molecule has 3 heterocycles. The summed E-state index contributed by atoms with van der Waals surface area (Å²) < 4.78 is 49.4. The summed E-state index contributed by atoms with van der Waals surface area (Å²) in [5, 5.41) is 0. The minimum atomic E-state index is -0.905. The van der Waals surface area contributed by atoms with E-state index in [-0.39, 0.29) is 23.3 Å². The lowest BCUT2D eigenvalue weighted by Gasteiger charge is -2.17. The number of aromatic nitrogens is 2. The van der Waals surface area contributed by atoms with E-state index in [1.165, 1.54) is 16.7 Å². The van der Waals surface area contributed by atoms with Crippen LogP contribution >= 0.6 is 0 Å². The molecule has 0 radical (unpaired) electrons. The summed E-state index contributed by atoms with van der Waals surface area (Å²) in [6, 6.07) is 6.57. The monoisotopic (exact) mass is 413 g/mol. The molecule has 0 saturated heterocycles. The first-order valence-electron chi connectivity index (χ1n) is 9.65. The molecule has 0 aliphatic carbocycles. The molecular formula is C22H18F3N3O2. The average molecular weight is 413 g/mol. The van der Waals surface area contributed by atoms with Crippen LogP contribution in [-0.2, 0) is 24.4 Å². The lowest BCUT2D eigenvalue weighted by atomic mass is 10.0. The quantitative estimate of drug-likeness (QED) is 0.697. The number of aryl methyl sites for hydroxylation is 1. The van der Waals surface area contributed by atoms with Crippen LogP contribution in [0.5, 0.6) is 0 Å². The number of H-pyrrole nitrogens is 1. The highest BCUT2D eigenvalue weighted by molar-refractivity contribution is 5.51. The predicted molar refractivity (Wildman–Crippen MR) is 103 cm³/mol. The summed E-state index contributed by atoms with van der Waals surface area (Å²) in [5.74, 6) is -2.31. The molecule has 8 heteroatoms. The number of benzene rings is 2. The van der Waals surface area contributed by atoms with E-state index in [1.807, 2.05) is 19.1 Å². The molecule has 2 aliphatic heterocycles. The molecule has 0 amide bonds. The van der Waals surface area contributed by atoms with Crippen LogP contribution < -0.4 is 11.2 Å². The number of hydrogen-bond acceptors (Lipinski definition) is 3. The van der Waals surface area contributed by atoms with Gasteiger partial charge in [-0.3, -0.25) is 9.78 Å². The van der Waals surface area contributed by atoms with Crippen molar-refractivity contribution in [2.45, 2.75) is 39.0 Å². The molecule has 5 nitrogen and oxygen atoms in total. The van der Waals surface area contributed by atoms with Crippen molar-refractivity contribution in [1.29, 1.82) is 0 Å². The van der Waals surface area contributed by atoms with Crippen LogP contribution in [0.2, 0.25) is 0 Å². The van der Waals surface area contributed by atoms with Gasteiger partial charge in [0.15, 0.2) is 0 Å². The van der Waals surface area contributed by atoms with Gasteiger partial charge in [-0.25, -0.2) is 13.8 Å². The SMILES string of the molecule is Cc1cc2c(cc1/N=c1\[nH]c(=O)c(F)c3n1C(c1ccc(F)cc1F)CC3)COC2. The Morgan fingerprint density at radius 1 is 1.13 bits per heavy atom. The maximum absolute atomic E-state index is 14.6. The zero-order chi connectivity index (χ0) is 21.0. The Kier molecular flexibility index (Phi) is 4.39. The number of aromatic amines is 1. The maximum Gasteiger partial charge on any atom is 0.288 e. The van der Waals surface area contributed by atoms with Gasteiger partial charge in [-0.05, 0) is 48.6 Å². The number of fused-ring (bicyclic) bond motifs is 2. The number of rotatable bonds is 2. The van der Waals surface area contributed by atoms with E-state index in [0.29, 0.717) is 25.3 Å². The van der Waals surface area contributed by atoms with Gasteiger partial charge in [-0.2, -0.15) is 4.39 Å². The van der Waals surface area contributed by atoms with Gasteiger partial charge in [-0.1, -0.05) is 12.1 Å². The fourth-order valence-corrected chi connectivity index (χ4v) is 4.27. The Hall–Kier alpha value is -3.13. The molecule has 1 aromatic heterocycles. The molecule has 3 aromatic rings. The molecular weight excluding hydrogens is 395 g/mol. The third-order valence-corrected chi connectivity index (χ3v) is 5.74. The topological polar surface area (TPSA) is 59.4 Å². The summed E-state index contributed by atoms with van der Waals surface area (Å²) in [7, 11) is 0. The first-order valence-corrected chi connectivity index (χ1v) is 9.65. The molecule has 30 heavy (non-hydrogen) atoms. The lowest BCUT2D eigenvalue weighted by Crippen LogP contribution is -2.35. The molecule has 0 spiro atoms. The summed E-state index contributed by atoms with van der Waals surface area (Å²) in [6.07, 6.45) is 0.618. The molecule has 1 unspecified atom stereocenters. The summed E-state index contributed by atoms with van der Waals surface area (Å²) in [5.41, 5.74) is 3.22. The highest BCUT2D eigenvalue weighted by Gasteiger charge is 2.30. The second-order valence-electron chi connectivity index (χ2n) is 7.64. The van der Waals surface area contributed by atoms with Gasteiger partial charge in [0.2, 0.25) is 11.4 Å². The molecule has 1 N–H and O–H groups in total. The van der Waals surface area contributed by atoms with Crippen LogP contribution in [0.4, 0.5) is 18.9 Å². The summed E-state index contributed by atoms with van der Waals surface area (Å²) >= 11 is 0. The van der Waals surface area contributed by atoms with E-state index in [0.717, 1.165) is 22.8 Å². The van der Waals surface area contributed by atoms with Crippen LogP contribution in [0.3, 0.4) is 0 Å². The molecule has 154 valence electrons. The van der Waals surface area contributed by atoms with Crippen LogP contribution in [-0.4, -0.2) is 9.55 Å². The van der Waals surface area contributed by atoms with Crippen molar-refractivity contribution in [3.05, 3.63) is 91.7 Å². The van der Waals surface area contributed by atoms with Gasteiger partial charge in [0.1, 0.15) is 11.6 Å². The maximum atomic E-state index is 14.6. The normalized spacial score (nSPS) is 18.0. The zero-order valence-corrected chi connectivity index (χ0v) is 16.1. The third kappa shape index (κ3) is 2.99. The molecule has 1 atom stereocenters. The summed E-state index contributed by atoms with van der Waals surface area (Å²) in [4.78, 5) is 19.3. The second-order valence-corrected chi connectivity index (χ2v) is 7.64. The fraction of sp³-hybridized carbons (Fsp3) is 0.273. The standard InChI is InChI=1S/C22H18F3N3O2/c1-11-6-12-9-30-10-13(12)7-17(11)26-22-27-21(29)20(25)19-5-4-18(28(19)22)15-3-2-14(23)8-16(15)24/h2-3,6-8,18H,4-5,9-10H2,1H3,(H,26,27,29). The zero-order valence-electron chi connectivity index (χ0n) is 16.1. The van der Waals surface area contributed by atoms with Crippen LogP contribution in [0.1, 0.15) is 40.4 Å². The summed E-state index contributed by atoms with van der Waals surface area (Å²) in [6.45, 7) is 2.91. The van der Waals surface area contributed by atoms with E-state index < -0.39 is 29.1 Å². The molecule has 0 saturated carbocycles.